The molecule has 0 aliphatic rings. The summed E-state index contributed by atoms with van der Waals surface area (Å²) in [5, 5.41) is 5.84. The fourth-order valence-electron chi connectivity index (χ4n) is 1.75. The minimum absolute atomic E-state index is 0.171. The molecule has 4 nitrogen and oxygen atoms in total. The molecule has 0 aliphatic carbocycles. The van der Waals surface area contributed by atoms with Gasteiger partial charge in [0.1, 0.15) is 0 Å². The highest BCUT2D eigenvalue weighted by atomic mass is 79.9. The standard InChI is InChI=1S/C14H13Br2N3O/c1-18-14(20)9-6-5-8(17)7-12(9)19-13-10(15)3-2-4-11(13)16/h2-7,19H,17H2,1H3,(H,18,20). The molecule has 104 valence electrons. The Morgan fingerprint density at radius 1 is 1.15 bits per heavy atom. The third-order valence-corrected chi connectivity index (χ3v) is 4.06. The number of hydrogen-bond acceptors (Lipinski definition) is 3. The first-order valence-corrected chi connectivity index (χ1v) is 7.44. The van der Waals surface area contributed by atoms with Gasteiger partial charge in [-0.2, -0.15) is 0 Å². The average Bonchev–Trinajstić information content (AvgIpc) is 2.42. The zero-order valence-electron chi connectivity index (χ0n) is 10.7. The second kappa shape index (κ2) is 6.28. The van der Waals surface area contributed by atoms with E-state index < -0.39 is 0 Å². The number of carbonyl (C=O) groups is 1. The predicted molar refractivity (Wildman–Crippen MR) is 89.4 cm³/mol. The van der Waals surface area contributed by atoms with E-state index in [4.69, 9.17) is 5.73 Å². The van der Waals surface area contributed by atoms with Crippen molar-refractivity contribution < 1.29 is 4.79 Å². The number of para-hydroxylation sites is 1. The number of benzene rings is 2. The molecule has 20 heavy (non-hydrogen) atoms. The van der Waals surface area contributed by atoms with Gasteiger partial charge in [-0.05, 0) is 62.2 Å². The van der Waals surface area contributed by atoms with Crippen molar-refractivity contribution in [1.29, 1.82) is 0 Å². The molecule has 2 aromatic carbocycles. The number of anilines is 3. The van der Waals surface area contributed by atoms with Gasteiger partial charge in [0, 0.05) is 21.7 Å². The van der Waals surface area contributed by atoms with Gasteiger partial charge in [-0.1, -0.05) is 6.07 Å². The summed E-state index contributed by atoms with van der Waals surface area (Å²) in [6, 6.07) is 10.9. The van der Waals surface area contributed by atoms with Crippen LogP contribution in [0.1, 0.15) is 10.4 Å². The molecule has 0 saturated heterocycles. The van der Waals surface area contributed by atoms with E-state index >= 15 is 0 Å². The molecule has 0 saturated carbocycles. The van der Waals surface area contributed by atoms with Crippen LogP contribution in [0.25, 0.3) is 0 Å². The molecule has 1 amide bonds. The van der Waals surface area contributed by atoms with Gasteiger partial charge in [0.2, 0.25) is 0 Å². The summed E-state index contributed by atoms with van der Waals surface area (Å²) in [5.74, 6) is -0.171. The zero-order chi connectivity index (χ0) is 14.7. The molecule has 0 spiro atoms. The molecule has 0 heterocycles. The highest BCUT2D eigenvalue weighted by Crippen LogP contribution is 2.34. The Kier molecular flexibility index (Phi) is 4.67. The van der Waals surface area contributed by atoms with Gasteiger partial charge in [0.25, 0.3) is 5.91 Å². The van der Waals surface area contributed by atoms with E-state index in [1.54, 1.807) is 25.2 Å². The second-order valence-electron chi connectivity index (χ2n) is 4.11. The van der Waals surface area contributed by atoms with E-state index in [-0.39, 0.29) is 5.91 Å². The Hall–Kier alpha value is -1.53. The number of amides is 1. The maximum absolute atomic E-state index is 11.9. The average molecular weight is 399 g/mol. The van der Waals surface area contributed by atoms with Crippen molar-refractivity contribution in [1.82, 2.24) is 5.32 Å². The maximum Gasteiger partial charge on any atom is 0.253 e. The third-order valence-electron chi connectivity index (χ3n) is 2.74. The molecular weight excluding hydrogens is 386 g/mol. The molecule has 0 bridgehead atoms. The van der Waals surface area contributed by atoms with E-state index in [9.17, 15) is 4.79 Å². The highest BCUT2D eigenvalue weighted by molar-refractivity contribution is 9.11. The van der Waals surface area contributed by atoms with Crippen LogP contribution in [0.5, 0.6) is 0 Å². The van der Waals surface area contributed by atoms with Crippen LogP contribution < -0.4 is 16.4 Å². The first-order chi connectivity index (χ1) is 9.52. The van der Waals surface area contributed by atoms with Crippen LogP contribution in [-0.4, -0.2) is 13.0 Å². The van der Waals surface area contributed by atoms with Gasteiger partial charge in [-0.3, -0.25) is 4.79 Å². The van der Waals surface area contributed by atoms with E-state index in [0.717, 1.165) is 14.6 Å². The van der Waals surface area contributed by atoms with Crippen molar-refractivity contribution in [3.63, 3.8) is 0 Å². The Morgan fingerprint density at radius 2 is 1.80 bits per heavy atom. The molecule has 0 aromatic heterocycles. The van der Waals surface area contributed by atoms with Crippen LogP contribution in [-0.2, 0) is 0 Å². The Bertz CT molecular complexity index is 639. The molecule has 0 unspecified atom stereocenters. The van der Waals surface area contributed by atoms with E-state index in [1.165, 1.54) is 0 Å². The molecule has 6 heteroatoms. The van der Waals surface area contributed by atoms with Crippen LogP contribution in [0.15, 0.2) is 45.3 Å². The molecule has 2 rings (SSSR count). The number of nitrogens with one attached hydrogen (secondary N) is 2. The predicted octanol–water partition coefficient (Wildman–Crippen LogP) is 3.90. The molecule has 0 atom stereocenters. The topological polar surface area (TPSA) is 67.2 Å². The molecule has 0 aliphatic heterocycles. The van der Waals surface area contributed by atoms with Gasteiger partial charge in [0.15, 0.2) is 0 Å². The van der Waals surface area contributed by atoms with Crippen LogP contribution in [0.3, 0.4) is 0 Å². The summed E-state index contributed by atoms with van der Waals surface area (Å²) in [6.07, 6.45) is 0. The minimum Gasteiger partial charge on any atom is -0.399 e. The molecule has 0 radical (unpaired) electrons. The number of carbonyl (C=O) groups excluding carboxylic acids is 1. The SMILES string of the molecule is CNC(=O)c1ccc(N)cc1Nc1c(Br)cccc1Br. The van der Waals surface area contributed by atoms with Crippen LogP contribution >= 0.6 is 31.9 Å². The van der Waals surface area contributed by atoms with Crippen molar-refractivity contribution in [2.75, 3.05) is 18.1 Å². The number of nitrogens with two attached hydrogens (primary N) is 1. The Balaban J connectivity index is 2.47. The van der Waals surface area contributed by atoms with Gasteiger partial charge in [-0.15, -0.1) is 0 Å². The summed E-state index contributed by atoms with van der Waals surface area (Å²) in [4.78, 5) is 11.9. The molecular formula is C14H13Br2N3O. The summed E-state index contributed by atoms with van der Waals surface area (Å²) >= 11 is 6.95. The van der Waals surface area contributed by atoms with Gasteiger partial charge in [-0.25, -0.2) is 0 Å². The number of rotatable bonds is 3. The van der Waals surface area contributed by atoms with Gasteiger partial charge < -0.3 is 16.4 Å². The summed E-state index contributed by atoms with van der Waals surface area (Å²) in [5.41, 5.74) is 8.41. The lowest BCUT2D eigenvalue weighted by Crippen LogP contribution is -2.19. The molecule has 2 aromatic rings. The van der Waals surface area contributed by atoms with Crippen LogP contribution in [0, 0.1) is 0 Å². The molecule has 0 fully saturated rings. The van der Waals surface area contributed by atoms with Crippen molar-refractivity contribution in [3.8, 4) is 0 Å². The van der Waals surface area contributed by atoms with Crippen molar-refractivity contribution in [2.45, 2.75) is 0 Å². The normalized spacial score (nSPS) is 10.2. The van der Waals surface area contributed by atoms with E-state index in [0.29, 0.717) is 16.9 Å². The fraction of sp³-hybridized carbons (Fsp3) is 0.0714. The second-order valence-corrected chi connectivity index (χ2v) is 5.81. The van der Waals surface area contributed by atoms with Gasteiger partial charge in [0.05, 0.1) is 16.9 Å². The number of nitrogen functional groups attached to an aromatic ring is 1. The summed E-state index contributed by atoms with van der Waals surface area (Å²) < 4.78 is 1.77. The summed E-state index contributed by atoms with van der Waals surface area (Å²) in [7, 11) is 1.59. The first kappa shape index (κ1) is 14.9. The lowest BCUT2D eigenvalue weighted by molar-refractivity contribution is 0.0964. The quantitative estimate of drug-likeness (QED) is 0.687. The Morgan fingerprint density at radius 3 is 2.40 bits per heavy atom. The lowest BCUT2D eigenvalue weighted by Gasteiger charge is -2.14. The van der Waals surface area contributed by atoms with Crippen LogP contribution in [0.2, 0.25) is 0 Å². The van der Waals surface area contributed by atoms with Gasteiger partial charge >= 0.3 is 0 Å². The number of hydrogen-bond donors (Lipinski definition) is 3. The zero-order valence-corrected chi connectivity index (χ0v) is 13.9. The largest absolute Gasteiger partial charge is 0.399 e. The summed E-state index contributed by atoms with van der Waals surface area (Å²) in [6.45, 7) is 0. The van der Waals surface area contributed by atoms with Crippen molar-refractivity contribution >= 4 is 54.8 Å². The van der Waals surface area contributed by atoms with Crippen LogP contribution in [0.4, 0.5) is 17.1 Å². The van der Waals surface area contributed by atoms with E-state index in [1.807, 2.05) is 18.2 Å². The van der Waals surface area contributed by atoms with Crippen molar-refractivity contribution in [2.24, 2.45) is 0 Å². The number of halogens is 2. The highest BCUT2D eigenvalue weighted by Gasteiger charge is 2.13. The third kappa shape index (κ3) is 3.13. The molecule has 4 N–H and O–H groups in total. The maximum atomic E-state index is 11.9. The lowest BCUT2D eigenvalue weighted by atomic mass is 10.1. The van der Waals surface area contributed by atoms with E-state index in [2.05, 4.69) is 42.5 Å². The fourth-order valence-corrected chi connectivity index (χ4v) is 2.95. The monoisotopic (exact) mass is 397 g/mol. The first-order valence-electron chi connectivity index (χ1n) is 5.85. The Labute approximate surface area is 134 Å². The van der Waals surface area contributed by atoms with Crippen molar-refractivity contribution in [3.05, 3.63) is 50.9 Å². The minimum atomic E-state index is -0.171. The smallest absolute Gasteiger partial charge is 0.253 e.